The van der Waals surface area contributed by atoms with Crippen molar-refractivity contribution in [2.24, 2.45) is 9.98 Å². The lowest BCUT2D eigenvalue weighted by molar-refractivity contribution is 0.669. The van der Waals surface area contributed by atoms with Crippen molar-refractivity contribution in [1.29, 1.82) is 0 Å². The third kappa shape index (κ3) is 5.52. The molecule has 4 nitrogen and oxygen atoms in total. The molecule has 0 saturated heterocycles. The number of nitrogens with one attached hydrogen (secondary N) is 1. The Morgan fingerprint density at radius 2 is 1.05 bits per heavy atom. The normalized spacial score (nSPS) is 14.2. The molecule has 3 heterocycles. The fourth-order valence-electron chi connectivity index (χ4n) is 8.03. The summed E-state index contributed by atoms with van der Waals surface area (Å²) in [5, 5.41) is 8.23. The first kappa shape index (κ1) is 32.4. The Hall–Kier alpha value is -7.08. The van der Waals surface area contributed by atoms with Crippen LogP contribution in [-0.2, 0) is 0 Å². The van der Waals surface area contributed by atoms with Crippen molar-refractivity contribution in [2.45, 2.75) is 6.17 Å². The minimum absolute atomic E-state index is 0.295. The minimum Gasteiger partial charge on any atom is -0.456 e. The average molecular weight is 736 g/mol. The summed E-state index contributed by atoms with van der Waals surface area (Å²) in [5.41, 5.74) is 12.0. The van der Waals surface area contributed by atoms with E-state index in [1.807, 2.05) is 35.6 Å². The Balaban J connectivity index is 1.15. The van der Waals surface area contributed by atoms with E-state index < -0.39 is 0 Å². The third-order valence-electron chi connectivity index (χ3n) is 10.8. The molecule has 0 aliphatic carbocycles. The molecule has 1 unspecified atom stereocenters. The van der Waals surface area contributed by atoms with E-state index in [0.29, 0.717) is 5.84 Å². The molecule has 0 amide bonds. The molecular weight excluding hydrogens is 703 g/mol. The number of rotatable bonds is 6. The van der Waals surface area contributed by atoms with Crippen molar-refractivity contribution >= 4 is 65.1 Å². The lowest BCUT2D eigenvalue weighted by Crippen LogP contribution is -2.33. The van der Waals surface area contributed by atoms with Crippen molar-refractivity contribution in [3.63, 3.8) is 0 Å². The van der Waals surface area contributed by atoms with E-state index >= 15 is 0 Å². The number of hydrogen-bond acceptors (Lipinski definition) is 5. The molecular formula is C51H33N3OS. The van der Waals surface area contributed by atoms with Crippen molar-refractivity contribution in [3.8, 4) is 33.4 Å². The van der Waals surface area contributed by atoms with Crippen LogP contribution in [0.25, 0.3) is 75.5 Å². The monoisotopic (exact) mass is 735 g/mol. The van der Waals surface area contributed by atoms with Gasteiger partial charge >= 0.3 is 0 Å². The van der Waals surface area contributed by atoms with Gasteiger partial charge in [0.2, 0.25) is 0 Å². The number of furan rings is 1. The summed E-state index contributed by atoms with van der Waals surface area (Å²) in [4.78, 5) is 10.6. The summed E-state index contributed by atoms with van der Waals surface area (Å²) in [7, 11) is 0. The molecule has 1 aliphatic rings. The summed E-state index contributed by atoms with van der Waals surface area (Å²) in [6.45, 7) is 0. The van der Waals surface area contributed by atoms with Crippen molar-refractivity contribution in [3.05, 3.63) is 205 Å². The first-order valence-corrected chi connectivity index (χ1v) is 19.7. The van der Waals surface area contributed by atoms with Crippen LogP contribution in [0.3, 0.4) is 0 Å². The van der Waals surface area contributed by atoms with Crippen LogP contribution < -0.4 is 5.32 Å². The van der Waals surface area contributed by atoms with Crippen molar-refractivity contribution in [2.75, 3.05) is 0 Å². The van der Waals surface area contributed by atoms with Gasteiger partial charge in [-0.1, -0.05) is 164 Å². The second-order valence-electron chi connectivity index (χ2n) is 14.1. The largest absolute Gasteiger partial charge is 0.456 e. The Labute approximate surface area is 327 Å². The molecule has 2 aromatic heterocycles. The van der Waals surface area contributed by atoms with Crippen molar-refractivity contribution in [1.82, 2.24) is 5.32 Å². The third-order valence-corrected chi connectivity index (χ3v) is 12.1. The SMILES string of the molecule is c1ccc(C2=NC(c3ccc(-c4ccc(-c5ccccc5)cc4)c4sc5c(-c6ccc7oc8ccccc8c7c6)cccc5c34)=NC(c3ccccc3)N2)cc1. The Morgan fingerprint density at radius 3 is 1.86 bits per heavy atom. The van der Waals surface area contributed by atoms with Gasteiger partial charge in [0.1, 0.15) is 23.2 Å². The standard InChI is InChI=1S/C51H33N3OS/c1-4-13-32(14-5-1)33-23-25-34(26-24-33)39-28-29-42(51-53-49(35-15-6-2-7-16-35)52-50(54-51)36-17-8-3-9-18-36)46-41-21-12-20-38(47(41)56-48(39)46)37-27-30-45-43(31-37)40-19-10-11-22-44(40)55-45/h1-31,49H,(H,52,53,54). The highest BCUT2D eigenvalue weighted by atomic mass is 32.1. The molecule has 0 spiro atoms. The highest BCUT2D eigenvalue weighted by Crippen LogP contribution is 2.46. The van der Waals surface area contributed by atoms with Gasteiger partial charge in [0.25, 0.3) is 0 Å². The number of thiophene rings is 1. The van der Waals surface area contributed by atoms with E-state index in [1.165, 1.54) is 42.6 Å². The van der Waals surface area contributed by atoms with Crippen LogP contribution in [0.4, 0.5) is 0 Å². The van der Waals surface area contributed by atoms with Crippen LogP contribution in [0.5, 0.6) is 0 Å². The van der Waals surface area contributed by atoms with Gasteiger partial charge in [-0.15, -0.1) is 11.3 Å². The minimum atomic E-state index is -0.295. The first-order chi connectivity index (χ1) is 27.7. The second-order valence-corrected chi connectivity index (χ2v) is 15.2. The van der Waals surface area contributed by atoms with Gasteiger partial charge in [0.15, 0.2) is 5.84 Å². The zero-order chi connectivity index (χ0) is 37.0. The van der Waals surface area contributed by atoms with Gasteiger partial charge in [0, 0.05) is 42.1 Å². The summed E-state index contributed by atoms with van der Waals surface area (Å²) in [5.74, 6) is 1.52. The van der Waals surface area contributed by atoms with Gasteiger partial charge in [-0.3, -0.25) is 0 Å². The molecule has 8 aromatic carbocycles. The predicted molar refractivity (Wildman–Crippen MR) is 235 cm³/mol. The zero-order valence-electron chi connectivity index (χ0n) is 30.2. The molecule has 10 aromatic rings. The second kappa shape index (κ2) is 13.3. The zero-order valence-corrected chi connectivity index (χ0v) is 31.0. The highest BCUT2D eigenvalue weighted by molar-refractivity contribution is 7.27. The fraction of sp³-hybridized carbons (Fsp3) is 0.0196. The number of para-hydroxylation sites is 1. The molecule has 264 valence electrons. The fourth-order valence-corrected chi connectivity index (χ4v) is 9.43. The quantitative estimate of drug-likeness (QED) is 0.185. The van der Waals surface area contributed by atoms with Crippen LogP contribution in [0, 0.1) is 0 Å². The van der Waals surface area contributed by atoms with E-state index in [9.17, 15) is 0 Å². The maximum atomic E-state index is 6.22. The molecule has 56 heavy (non-hydrogen) atoms. The molecule has 0 radical (unpaired) electrons. The number of nitrogens with zero attached hydrogens (tertiary/aromatic N) is 2. The summed E-state index contributed by atoms with van der Waals surface area (Å²) in [6.07, 6.45) is -0.295. The molecule has 11 rings (SSSR count). The van der Waals surface area contributed by atoms with Crippen LogP contribution in [-0.4, -0.2) is 11.7 Å². The first-order valence-electron chi connectivity index (χ1n) is 18.8. The maximum absolute atomic E-state index is 6.22. The number of hydrogen-bond donors (Lipinski definition) is 1. The lowest BCUT2D eigenvalue weighted by atomic mass is 9.95. The summed E-state index contributed by atoms with van der Waals surface area (Å²) >= 11 is 1.85. The smallest absolute Gasteiger partial charge is 0.160 e. The Kier molecular flexibility index (Phi) is 7.71. The van der Waals surface area contributed by atoms with Gasteiger partial charge in [-0.05, 0) is 63.2 Å². The summed E-state index contributed by atoms with van der Waals surface area (Å²) in [6, 6.07) is 66.3. The van der Waals surface area contributed by atoms with E-state index in [1.54, 1.807) is 0 Å². The van der Waals surface area contributed by atoms with Gasteiger partial charge in [-0.25, -0.2) is 9.98 Å². The topological polar surface area (TPSA) is 49.9 Å². The van der Waals surface area contributed by atoms with E-state index in [4.69, 9.17) is 14.4 Å². The Bertz CT molecular complexity index is 3140. The van der Waals surface area contributed by atoms with Gasteiger partial charge in [-0.2, -0.15) is 0 Å². The highest BCUT2D eigenvalue weighted by Gasteiger charge is 2.25. The number of aliphatic imine (C=N–C) groups is 2. The van der Waals surface area contributed by atoms with Crippen molar-refractivity contribution < 1.29 is 4.42 Å². The number of benzene rings is 8. The van der Waals surface area contributed by atoms with Crippen LogP contribution >= 0.6 is 11.3 Å². The number of amidine groups is 2. The molecule has 0 fully saturated rings. The maximum Gasteiger partial charge on any atom is 0.160 e. The average Bonchev–Trinajstić information content (AvgIpc) is 3.86. The van der Waals surface area contributed by atoms with Gasteiger partial charge in [0.05, 0.1) is 0 Å². The molecule has 1 aliphatic heterocycles. The Morgan fingerprint density at radius 1 is 0.446 bits per heavy atom. The lowest BCUT2D eigenvalue weighted by Gasteiger charge is -2.24. The molecule has 1 N–H and O–H groups in total. The molecule has 1 atom stereocenters. The molecule has 5 heteroatoms. The van der Waals surface area contributed by atoms with Crippen LogP contribution in [0.2, 0.25) is 0 Å². The number of fused-ring (bicyclic) bond motifs is 6. The van der Waals surface area contributed by atoms with Crippen LogP contribution in [0.15, 0.2) is 202 Å². The van der Waals surface area contributed by atoms with Crippen LogP contribution in [0.1, 0.15) is 22.9 Å². The molecule has 0 bridgehead atoms. The van der Waals surface area contributed by atoms with E-state index in [2.05, 4.69) is 169 Å². The summed E-state index contributed by atoms with van der Waals surface area (Å²) < 4.78 is 8.65. The van der Waals surface area contributed by atoms with E-state index in [-0.39, 0.29) is 6.17 Å². The van der Waals surface area contributed by atoms with E-state index in [0.717, 1.165) is 55.4 Å². The molecule has 0 saturated carbocycles. The van der Waals surface area contributed by atoms with Gasteiger partial charge < -0.3 is 9.73 Å². The predicted octanol–water partition coefficient (Wildman–Crippen LogP) is 13.5.